The molecule has 31 heavy (non-hydrogen) atoms. The zero-order valence-corrected chi connectivity index (χ0v) is 19.2. The highest BCUT2D eigenvalue weighted by Crippen LogP contribution is 2.27. The second-order valence-electron chi connectivity index (χ2n) is 7.47. The number of carbonyl (C=O) groups excluding carboxylic acids is 1. The van der Waals surface area contributed by atoms with Crippen LogP contribution in [-0.2, 0) is 7.05 Å². The van der Waals surface area contributed by atoms with Crippen LogP contribution in [0.1, 0.15) is 29.9 Å². The number of Topliss-reactive ketones (excluding diaryl/α,β-unsaturated/α-hetero) is 1. The third-order valence-corrected chi connectivity index (χ3v) is 6.61. The first kappa shape index (κ1) is 21.2. The highest BCUT2D eigenvalue weighted by atomic mass is 32.2. The number of rotatable bonds is 8. The summed E-state index contributed by atoms with van der Waals surface area (Å²) >= 11 is 1.42. The number of anilines is 1. The van der Waals surface area contributed by atoms with Gasteiger partial charge in [0, 0.05) is 53.5 Å². The van der Waals surface area contributed by atoms with E-state index in [9.17, 15) is 4.79 Å². The number of aryl methyl sites for hydroxylation is 1. The van der Waals surface area contributed by atoms with E-state index in [2.05, 4.69) is 58.2 Å². The van der Waals surface area contributed by atoms with Gasteiger partial charge in [-0.3, -0.25) is 4.79 Å². The van der Waals surface area contributed by atoms with E-state index in [1.165, 1.54) is 17.4 Å². The number of benzene rings is 2. The van der Waals surface area contributed by atoms with E-state index in [1.54, 1.807) is 0 Å². The summed E-state index contributed by atoms with van der Waals surface area (Å²) in [5.41, 5.74) is 4.86. The number of thioether (sulfide) groups is 1. The Morgan fingerprint density at radius 3 is 2.48 bits per heavy atom. The Labute approximate surface area is 186 Å². The van der Waals surface area contributed by atoms with Crippen LogP contribution < -0.4 is 4.90 Å². The Morgan fingerprint density at radius 2 is 1.77 bits per heavy atom. The summed E-state index contributed by atoms with van der Waals surface area (Å²) < 4.78 is 1.95. The summed E-state index contributed by atoms with van der Waals surface area (Å²) in [7, 11) is 1.94. The van der Waals surface area contributed by atoms with Crippen LogP contribution in [0.3, 0.4) is 0 Å². The second kappa shape index (κ2) is 8.98. The molecule has 0 fully saturated rings. The number of nitrogens with zero attached hydrogens (tertiary/aromatic N) is 4. The monoisotopic (exact) mass is 433 g/mol. The fourth-order valence-corrected chi connectivity index (χ4v) is 4.72. The SMILES string of the molecule is CCN(CC)c1ccc(-c2nnc(SCC(=O)c3c(C)[nH]c4ccccc34)n2C)cc1. The number of aromatic amines is 1. The third-order valence-electron chi connectivity index (χ3n) is 5.59. The number of para-hydroxylation sites is 1. The second-order valence-corrected chi connectivity index (χ2v) is 8.41. The van der Waals surface area contributed by atoms with Crippen LogP contribution in [0.5, 0.6) is 0 Å². The van der Waals surface area contributed by atoms with Gasteiger partial charge in [-0.05, 0) is 51.1 Å². The van der Waals surface area contributed by atoms with E-state index in [0.29, 0.717) is 5.75 Å². The molecule has 0 unspecified atom stereocenters. The quantitative estimate of drug-likeness (QED) is 0.310. The lowest BCUT2D eigenvalue weighted by Crippen LogP contribution is -2.21. The molecule has 0 aliphatic rings. The maximum atomic E-state index is 13.0. The predicted molar refractivity (Wildman–Crippen MR) is 128 cm³/mol. The number of aromatic nitrogens is 4. The molecular formula is C24H27N5OS. The molecule has 160 valence electrons. The largest absolute Gasteiger partial charge is 0.372 e. The van der Waals surface area contributed by atoms with Crippen LogP contribution in [0, 0.1) is 6.92 Å². The Kier molecular flexibility index (Phi) is 6.13. The van der Waals surface area contributed by atoms with Crippen LogP contribution in [-0.4, -0.2) is 44.4 Å². The molecule has 0 saturated carbocycles. The van der Waals surface area contributed by atoms with E-state index >= 15 is 0 Å². The molecule has 0 spiro atoms. The smallest absolute Gasteiger partial charge is 0.191 e. The molecule has 6 nitrogen and oxygen atoms in total. The summed E-state index contributed by atoms with van der Waals surface area (Å²) in [5.74, 6) is 1.20. The minimum Gasteiger partial charge on any atom is -0.372 e. The number of fused-ring (bicyclic) bond motifs is 1. The minimum atomic E-state index is 0.0908. The number of carbonyl (C=O) groups is 1. The molecule has 2 aromatic carbocycles. The summed E-state index contributed by atoms with van der Waals surface area (Å²) in [4.78, 5) is 18.6. The lowest BCUT2D eigenvalue weighted by atomic mass is 10.1. The first-order chi connectivity index (χ1) is 15.0. The van der Waals surface area contributed by atoms with Crippen LogP contribution in [0.4, 0.5) is 5.69 Å². The zero-order chi connectivity index (χ0) is 22.0. The van der Waals surface area contributed by atoms with Crippen molar-refractivity contribution in [1.29, 1.82) is 0 Å². The topological polar surface area (TPSA) is 66.8 Å². The van der Waals surface area contributed by atoms with Crippen molar-refractivity contribution in [2.24, 2.45) is 7.05 Å². The van der Waals surface area contributed by atoms with Crippen molar-refractivity contribution in [3.63, 3.8) is 0 Å². The van der Waals surface area contributed by atoms with E-state index in [-0.39, 0.29) is 5.78 Å². The van der Waals surface area contributed by atoms with Crippen molar-refractivity contribution in [2.75, 3.05) is 23.7 Å². The normalized spacial score (nSPS) is 11.2. The summed E-state index contributed by atoms with van der Waals surface area (Å²) in [5, 5.41) is 10.4. The number of nitrogens with one attached hydrogen (secondary N) is 1. The van der Waals surface area contributed by atoms with Gasteiger partial charge in [-0.15, -0.1) is 10.2 Å². The Hall–Kier alpha value is -3.06. The minimum absolute atomic E-state index is 0.0908. The fourth-order valence-electron chi connectivity index (χ4n) is 3.94. The molecule has 1 N–H and O–H groups in total. The first-order valence-corrected chi connectivity index (χ1v) is 11.5. The molecule has 0 amide bonds. The molecule has 4 rings (SSSR count). The molecule has 0 saturated heterocycles. The highest BCUT2D eigenvalue weighted by Gasteiger charge is 2.18. The molecule has 7 heteroatoms. The van der Waals surface area contributed by atoms with Gasteiger partial charge in [0.15, 0.2) is 16.8 Å². The van der Waals surface area contributed by atoms with E-state index in [1.807, 2.05) is 42.8 Å². The molecule has 0 aliphatic heterocycles. The summed E-state index contributed by atoms with van der Waals surface area (Å²) in [6, 6.07) is 16.3. The first-order valence-electron chi connectivity index (χ1n) is 10.5. The van der Waals surface area contributed by atoms with Crippen molar-refractivity contribution >= 4 is 34.1 Å². The summed E-state index contributed by atoms with van der Waals surface area (Å²) in [6.45, 7) is 8.21. The number of hydrogen-bond donors (Lipinski definition) is 1. The van der Waals surface area contributed by atoms with Crippen molar-refractivity contribution in [3.05, 3.63) is 59.8 Å². The fraction of sp³-hybridized carbons (Fsp3) is 0.292. The molecular weight excluding hydrogens is 406 g/mol. The molecule has 0 radical (unpaired) electrons. The van der Waals surface area contributed by atoms with Crippen LogP contribution in [0.15, 0.2) is 53.7 Å². The van der Waals surface area contributed by atoms with Gasteiger partial charge in [-0.2, -0.15) is 0 Å². The van der Waals surface area contributed by atoms with Gasteiger partial charge in [0.25, 0.3) is 0 Å². The van der Waals surface area contributed by atoms with E-state index in [0.717, 1.165) is 51.8 Å². The zero-order valence-electron chi connectivity index (χ0n) is 18.3. The molecule has 2 aromatic heterocycles. The van der Waals surface area contributed by atoms with Gasteiger partial charge in [0.2, 0.25) is 0 Å². The number of hydrogen-bond acceptors (Lipinski definition) is 5. The van der Waals surface area contributed by atoms with Crippen molar-refractivity contribution < 1.29 is 4.79 Å². The number of ketones is 1. The molecule has 0 atom stereocenters. The molecule has 2 heterocycles. The Morgan fingerprint density at radius 1 is 1.06 bits per heavy atom. The standard InChI is InChI=1S/C24H27N5OS/c1-5-29(6-2)18-13-11-17(12-14-18)23-26-27-24(28(23)4)31-15-21(30)22-16(3)25-20-10-8-7-9-19(20)22/h7-14,25H,5-6,15H2,1-4H3. The average molecular weight is 434 g/mol. The molecule has 4 aromatic rings. The maximum Gasteiger partial charge on any atom is 0.191 e. The highest BCUT2D eigenvalue weighted by molar-refractivity contribution is 7.99. The van der Waals surface area contributed by atoms with Gasteiger partial charge in [0.05, 0.1) is 5.75 Å². The van der Waals surface area contributed by atoms with Crippen molar-refractivity contribution in [1.82, 2.24) is 19.7 Å². The van der Waals surface area contributed by atoms with Crippen molar-refractivity contribution in [2.45, 2.75) is 25.9 Å². The average Bonchev–Trinajstić information content (AvgIpc) is 3.32. The van der Waals surface area contributed by atoms with Gasteiger partial charge in [-0.25, -0.2) is 0 Å². The Bertz CT molecular complexity index is 1200. The lowest BCUT2D eigenvalue weighted by Gasteiger charge is -2.21. The van der Waals surface area contributed by atoms with Gasteiger partial charge < -0.3 is 14.5 Å². The third kappa shape index (κ3) is 4.10. The van der Waals surface area contributed by atoms with Crippen LogP contribution >= 0.6 is 11.8 Å². The molecule has 0 aliphatic carbocycles. The van der Waals surface area contributed by atoms with Gasteiger partial charge >= 0.3 is 0 Å². The lowest BCUT2D eigenvalue weighted by molar-refractivity contribution is 0.102. The Balaban J connectivity index is 1.50. The predicted octanol–water partition coefficient (Wildman–Crippen LogP) is 5.09. The van der Waals surface area contributed by atoms with Crippen LogP contribution in [0.25, 0.3) is 22.3 Å². The number of H-pyrrole nitrogens is 1. The van der Waals surface area contributed by atoms with Gasteiger partial charge in [0.1, 0.15) is 0 Å². The van der Waals surface area contributed by atoms with Crippen molar-refractivity contribution in [3.8, 4) is 11.4 Å². The summed E-state index contributed by atoms with van der Waals surface area (Å²) in [6.07, 6.45) is 0. The van der Waals surface area contributed by atoms with E-state index in [4.69, 9.17) is 0 Å². The van der Waals surface area contributed by atoms with Gasteiger partial charge in [-0.1, -0.05) is 30.0 Å². The van der Waals surface area contributed by atoms with Crippen LogP contribution in [0.2, 0.25) is 0 Å². The molecule has 0 bridgehead atoms. The van der Waals surface area contributed by atoms with E-state index < -0.39 is 0 Å². The maximum absolute atomic E-state index is 13.0.